The summed E-state index contributed by atoms with van der Waals surface area (Å²) in [7, 11) is -1.50. The van der Waals surface area contributed by atoms with Gasteiger partial charge in [0, 0.05) is 16.6 Å². The Kier molecular flexibility index (Phi) is 4.69. The van der Waals surface area contributed by atoms with Crippen LogP contribution in [0.4, 0.5) is 0 Å². The molecule has 0 aliphatic heterocycles. The molecule has 104 valence electrons. The first kappa shape index (κ1) is 14.5. The number of hydrogen-bond acceptors (Lipinski definition) is 2. The number of aryl methyl sites for hydroxylation is 1. The van der Waals surface area contributed by atoms with Gasteiger partial charge in [0.2, 0.25) is 0 Å². The molecule has 0 fully saturated rings. The zero-order valence-electron chi connectivity index (χ0n) is 11.2. The van der Waals surface area contributed by atoms with E-state index in [0.717, 1.165) is 11.1 Å². The summed E-state index contributed by atoms with van der Waals surface area (Å²) in [5.41, 5.74) is 2.54. The fourth-order valence-electron chi connectivity index (χ4n) is 2.08. The molecule has 0 amide bonds. The Balaban J connectivity index is 2.23. The number of carboxylic acids is 1. The van der Waals surface area contributed by atoms with Crippen molar-refractivity contribution in [1.29, 1.82) is 0 Å². The monoisotopic (exact) mass is 288 g/mol. The third-order valence-electron chi connectivity index (χ3n) is 2.98. The van der Waals surface area contributed by atoms with Crippen LogP contribution in [0.3, 0.4) is 0 Å². The summed E-state index contributed by atoms with van der Waals surface area (Å²) in [5.74, 6) is -0.810. The van der Waals surface area contributed by atoms with E-state index >= 15 is 0 Å². The Labute approximate surface area is 120 Å². The number of hydrogen-bond donors (Lipinski definition) is 1. The molecule has 0 heterocycles. The van der Waals surface area contributed by atoms with Crippen LogP contribution in [-0.4, -0.2) is 15.3 Å². The van der Waals surface area contributed by atoms with Crippen molar-refractivity contribution in [3.05, 3.63) is 71.3 Å². The van der Waals surface area contributed by atoms with Gasteiger partial charge in [0.15, 0.2) is 5.25 Å². The van der Waals surface area contributed by atoms with E-state index in [1.165, 1.54) is 0 Å². The lowest BCUT2D eigenvalue weighted by atomic mass is 10.1. The third kappa shape index (κ3) is 3.54. The van der Waals surface area contributed by atoms with Crippen LogP contribution < -0.4 is 0 Å². The fourth-order valence-corrected chi connectivity index (χ4v) is 3.44. The van der Waals surface area contributed by atoms with Crippen LogP contribution in [-0.2, 0) is 21.3 Å². The van der Waals surface area contributed by atoms with Gasteiger partial charge in [-0.3, -0.25) is 9.00 Å². The summed E-state index contributed by atoms with van der Waals surface area (Å²) in [4.78, 5) is 11.4. The number of carbonyl (C=O) groups is 1. The highest BCUT2D eigenvalue weighted by Gasteiger charge is 2.26. The first-order chi connectivity index (χ1) is 9.58. The molecule has 0 aliphatic rings. The van der Waals surface area contributed by atoms with Gasteiger partial charge in [0.05, 0.1) is 0 Å². The SMILES string of the molecule is Cc1cccc(CS(=O)C(C(=O)O)c2ccccc2)c1. The minimum atomic E-state index is -1.50. The van der Waals surface area contributed by atoms with Gasteiger partial charge >= 0.3 is 5.97 Å². The van der Waals surface area contributed by atoms with E-state index in [1.54, 1.807) is 24.3 Å². The molecular formula is C16H16O3S. The standard InChI is InChI=1S/C16H16O3S/c1-12-6-5-7-13(10-12)11-20(19)15(16(17)18)14-8-3-2-4-9-14/h2-10,15H,11H2,1H3,(H,17,18). The molecule has 2 aromatic rings. The quantitative estimate of drug-likeness (QED) is 0.920. The first-order valence-electron chi connectivity index (χ1n) is 6.28. The molecular weight excluding hydrogens is 272 g/mol. The van der Waals surface area contributed by atoms with Crippen LogP contribution in [0.1, 0.15) is 21.9 Å². The summed E-state index contributed by atoms with van der Waals surface area (Å²) in [6.45, 7) is 1.96. The Morgan fingerprint density at radius 3 is 2.45 bits per heavy atom. The van der Waals surface area contributed by atoms with Crippen LogP contribution >= 0.6 is 0 Å². The molecule has 2 unspecified atom stereocenters. The van der Waals surface area contributed by atoms with Crippen LogP contribution in [0, 0.1) is 6.92 Å². The molecule has 1 N–H and O–H groups in total. The maximum atomic E-state index is 12.4. The summed E-state index contributed by atoms with van der Waals surface area (Å²) in [5, 5.41) is 8.35. The molecule has 0 saturated carbocycles. The Morgan fingerprint density at radius 2 is 1.85 bits per heavy atom. The molecule has 0 spiro atoms. The number of carboxylic acid groups (broad SMARTS) is 1. The predicted octanol–water partition coefficient (Wildman–Crippen LogP) is 3.07. The van der Waals surface area contributed by atoms with Gasteiger partial charge < -0.3 is 5.11 Å². The van der Waals surface area contributed by atoms with Crippen molar-refractivity contribution in [2.24, 2.45) is 0 Å². The second-order valence-corrected chi connectivity index (χ2v) is 6.16. The normalized spacial score (nSPS) is 13.7. The lowest BCUT2D eigenvalue weighted by Gasteiger charge is -2.13. The number of rotatable bonds is 5. The largest absolute Gasteiger partial charge is 0.480 e. The van der Waals surface area contributed by atoms with Gasteiger partial charge in [-0.15, -0.1) is 0 Å². The van der Waals surface area contributed by atoms with Gasteiger partial charge in [-0.05, 0) is 18.1 Å². The van der Waals surface area contributed by atoms with Crippen molar-refractivity contribution < 1.29 is 14.1 Å². The van der Waals surface area contributed by atoms with E-state index in [-0.39, 0.29) is 5.75 Å². The molecule has 2 aromatic carbocycles. The summed E-state index contributed by atoms with van der Waals surface area (Å²) >= 11 is 0. The summed E-state index contributed by atoms with van der Waals surface area (Å²) in [6.07, 6.45) is 0. The smallest absolute Gasteiger partial charge is 0.323 e. The van der Waals surface area contributed by atoms with E-state index in [1.807, 2.05) is 37.3 Å². The average Bonchev–Trinajstić information content (AvgIpc) is 2.39. The van der Waals surface area contributed by atoms with E-state index in [4.69, 9.17) is 0 Å². The van der Waals surface area contributed by atoms with Crippen molar-refractivity contribution in [2.75, 3.05) is 0 Å². The molecule has 2 rings (SSSR count). The topological polar surface area (TPSA) is 54.4 Å². The second-order valence-electron chi connectivity index (χ2n) is 4.64. The van der Waals surface area contributed by atoms with Crippen molar-refractivity contribution in [3.8, 4) is 0 Å². The second kappa shape index (κ2) is 6.48. The lowest BCUT2D eigenvalue weighted by Crippen LogP contribution is -2.18. The van der Waals surface area contributed by atoms with Crippen molar-refractivity contribution in [1.82, 2.24) is 0 Å². The van der Waals surface area contributed by atoms with Gasteiger partial charge in [-0.1, -0.05) is 60.2 Å². The van der Waals surface area contributed by atoms with Gasteiger partial charge in [-0.2, -0.15) is 0 Å². The predicted molar refractivity (Wildman–Crippen MR) is 79.8 cm³/mol. The molecule has 2 atom stereocenters. The van der Waals surface area contributed by atoms with Crippen molar-refractivity contribution in [2.45, 2.75) is 17.9 Å². The van der Waals surface area contributed by atoms with E-state index in [2.05, 4.69) is 0 Å². The highest BCUT2D eigenvalue weighted by molar-refractivity contribution is 7.85. The number of aliphatic carboxylic acids is 1. The summed E-state index contributed by atoms with van der Waals surface area (Å²) in [6, 6.07) is 16.4. The van der Waals surface area contributed by atoms with Crippen molar-refractivity contribution >= 4 is 16.8 Å². The zero-order chi connectivity index (χ0) is 14.5. The van der Waals surface area contributed by atoms with Gasteiger partial charge in [0.25, 0.3) is 0 Å². The Hall–Kier alpha value is -1.94. The molecule has 0 aromatic heterocycles. The molecule has 0 aliphatic carbocycles. The van der Waals surface area contributed by atoms with E-state index in [0.29, 0.717) is 5.56 Å². The molecule has 0 radical (unpaired) electrons. The van der Waals surface area contributed by atoms with Gasteiger partial charge in [0.1, 0.15) is 0 Å². The Bertz CT molecular complexity index is 623. The molecule has 20 heavy (non-hydrogen) atoms. The minimum absolute atomic E-state index is 0.244. The van der Waals surface area contributed by atoms with E-state index in [9.17, 15) is 14.1 Å². The molecule has 0 bridgehead atoms. The van der Waals surface area contributed by atoms with Gasteiger partial charge in [-0.25, -0.2) is 0 Å². The molecule has 4 heteroatoms. The maximum absolute atomic E-state index is 12.4. The van der Waals surface area contributed by atoms with Crippen molar-refractivity contribution in [3.63, 3.8) is 0 Å². The molecule has 0 saturated heterocycles. The lowest BCUT2D eigenvalue weighted by molar-refractivity contribution is -0.136. The van der Waals surface area contributed by atoms with Crippen LogP contribution in [0.5, 0.6) is 0 Å². The average molecular weight is 288 g/mol. The summed E-state index contributed by atoms with van der Waals surface area (Å²) < 4.78 is 12.4. The third-order valence-corrected chi connectivity index (χ3v) is 4.60. The number of benzene rings is 2. The van der Waals surface area contributed by atoms with Crippen LogP contribution in [0.25, 0.3) is 0 Å². The maximum Gasteiger partial charge on any atom is 0.323 e. The van der Waals surface area contributed by atoms with Crippen LogP contribution in [0.2, 0.25) is 0 Å². The molecule has 3 nitrogen and oxygen atoms in total. The highest BCUT2D eigenvalue weighted by Crippen LogP contribution is 2.23. The Morgan fingerprint density at radius 1 is 1.15 bits per heavy atom. The highest BCUT2D eigenvalue weighted by atomic mass is 32.2. The zero-order valence-corrected chi connectivity index (χ0v) is 12.0. The minimum Gasteiger partial charge on any atom is -0.480 e. The first-order valence-corrected chi connectivity index (χ1v) is 7.66. The fraction of sp³-hybridized carbons (Fsp3) is 0.188. The van der Waals surface area contributed by atoms with E-state index < -0.39 is 22.0 Å². The van der Waals surface area contributed by atoms with Crippen LogP contribution in [0.15, 0.2) is 54.6 Å².